The molecule has 0 bridgehead atoms. The number of nitro groups is 1. The Labute approximate surface area is 196 Å². The summed E-state index contributed by atoms with van der Waals surface area (Å²) in [5.74, 6) is 0.453. The molecule has 34 heavy (non-hydrogen) atoms. The van der Waals surface area contributed by atoms with Gasteiger partial charge in [-0.25, -0.2) is 0 Å². The number of non-ortho nitro benzene ring substituents is 1. The zero-order valence-corrected chi connectivity index (χ0v) is 18.9. The maximum atomic E-state index is 12.7. The number of nitrogens with one attached hydrogen (secondary N) is 1. The largest absolute Gasteiger partial charge is 0.468 e. The monoisotopic (exact) mass is 485 g/mol. The molecular weight excluding hydrogens is 462 g/mol. The number of carbonyl (C=O) groups excluding carboxylic acids is 1. The van der Waals surface area contributed by atoms with E-state index in [1.165, 1.54) is 42.5 Å². The Hall–Kier alpha value is -3.70. The molecule has 1 aliphatic heterocycles. The zero-order valence-electron chi connectivity index (χ0n) is 18.1. The number of hydrogen-bond acceptors (Lipinski definition) is 8. The lowest BCUT2D eigenvalue weighted by Gasteiger charge is -2.26. The van der Waals surface area contributed by atoms with Crippen molar-refractivity contribution in [2.24, 2.45) is 0 Å². The molecule has 1 aliphatic rings. The van der Waals surface area contributed by atoms with Gasteiger partial charge in [-0.2, -0.15) is 8.42 Å². The van der Waals surface area contributed by atoms with Gasteiger partial charge < -0.3 is 13.9 Å². The topological polar surface area (TPSA) is 132 Å². The van der Waals surface area contributed by atoms with Crippen molar-refractivity contribution in [2.75, 3.05) is 19.6 Å². The Morgan fingerprint density at radius 2 is 1.85 bits per heavy atom. The lowest BCUT2D eigenvalue weighted by molar-refractivity contribution is -0.385. The molecule has 0 spiro atoms. The number of rotatable bonds is 9. The summed E-state index contributed by atoms with van der Waals surface area (Å²) in [6.07, 6.45) is 3.82. The van der Waals surface area contributed by atoms with Crippen LogP contribution in [0.3, 0.4) is 0 Å². The highest BCUT2D eigenvalue weighted by Gasteiger charge is 2.26. The molecule has 1 atom stereocenters. The average molecular weight is 486 g/mol. The van der Waals surface area contributed by atoms with Crippen LogP contribution in [0.5, 0.6) is 5.75 Å². The highest BCUT2D eigenvalue weighted by Crippen LogP contribution is 2.25. The van der Waals surface area contributed by atoms with Gasteiger partial charge in [0.2, 0.25) is 0 Å². The molecule has 10 nitrogen and oxygen atoms in total. The van der Waals surface area contributed by atoms with Gasteiger partial charge in [0.05, 0.1) is 17.2 Å². The fourth-order valence-corrected chi connectivity index (χ4v) is 4.80. The molecule has 11 heteroatoms. The number of likely N-dealkylation sites (tertiary alicyclic amines) is 1. The van der Waals surface area contributed by atoms with E-state index >= 15 is 0 Å². The third-order valence-corrected chi connectivity index (χ3v) is 6.79. The Morgan fingerprint density at radius 3 is 2.50 bits per heavy atom. The summed E-state index contributed by atoms with van der Waals surface area (Å²) in [6, 6.07) is 13.8. The van der Waals surface area contributed by atoms with E-state index in [-0.39, 0.29) is 28.3 Å². The first-order chi connectivity index (χ1) is 16.3. The second-order valence-electron chi connectivity index (χ2n) is 7.80. The fraction of sp³-hybridized carbons (Fsp3) is 0.261. The van der Waals surface area contributed by atoms with Crippen LogP contribution >= 0.6 is 0 Å². The molecule has 1 N–H and O–H groups in total. The summed E-state index contributed by atoms with van der Waals surface area (Å²) in [4.78, 5) is 24.8. The van der Waals surface area contributed by atoms with Gasteiger partial charge in [0.25, 0.3) is 11.6 Å². The van der Waals surface area contributed by atoms with E-state index in [0.717, 1.165) is 37.8 Å². The maximum absolute atomic E-state index is 12.7. The highest BCUT2D eigenvalue weighted by molar-refractivity contribution is 7.87. The summed E-state index contributed by atoms with van der Waals surface area (Å²) in [5, 5.41) is 13.8. The van der Waals surface area contributed by atoms with E-state index in [1.54, 1.807) is 6.26 Å². The highest BCUT2D eigenvalue weighted by atomic mass is 32.2. The number of furan rings is 1. The summed E-state index contributed by atoms with van der Waals surface area (Å²) in [6.45, 7) is 2.24. The molecule has 3 aromatic rings. The van der Waals surface area contributed by atoms with Crippen molar-refractivity contribution in [2.45, 2.75) is 23.8 Å². The third kappa shape index (κ3) is 5.43. The lowest BCUT2D eigenvalue weighted by atomic mass is 10.1. The van der Waals surface area contributed by atoms with Crippen molar-refractivity contribution < 1.29 is 26.7 Å². The van der Waals surface area contributed by atoms with E-state index in [4.69, 9.17) is 8.60 Å². The second kappa shape index (κ2) is 10.1. The van der Waals surface area contributed by atoms with Gasteiger partial charge in [-0.1, -0.05) is 6.07 Å². The van der Waals surface area contributed by atoms with Gasteiger partial charge in [-0.15, -0.1) is 0 Å². The second-order valence-corrected chi connectivity index (χ2v) is 9.35. The molecular formula is C23H23N3O7S. The van der Waals surface area contributed by atoms with E-state index < -0.39 is 15.0 Å². The predicted octanol–water partition coefficient (Wildman–Crippen LogP) is 3.52. The van der Waals surface area contributed by atoms with Crippen molar-refractivity contribution in [1.82, 2.24) is 10.2 Å². The first-order valence-corrected chi connectivity index (χ1v) is 12.1. The van der Waals surface area contributed by atoms with E-state index in [9.17, 15) is 23.3 Å². The number of amides is 1. The normalized spacial score (nSPS) is 15.1. The lowest BCUT2D eigenvalue weighted by Crippen LogP contribution is -2.36. The molecule has 0 radical (unpaired) electrons. The number of carbonyl (C=O) groups is 1. The van der Waals surface area contributed by atoms with Gasteiger partial charge in [-0.3, -0.25) is 19.8 Å². The molecule has 4 rings (SSSR count). The molecule has 1 unspecified atom stereocenters. The van der Waals surface area contributed by atoms with Crippen LogP contribution in [-0.2, 0) is 10.1 Å². The Morgan fingerprint density at radius 1 is 1.12 bits per heavy atom. The minimum atomic E-state index is -4.28. The molecule has 1 amide bonds. The first kappa shape index (κ1) is 23.5. The van der Waals surface area contributed by atoms with Gasteiger partial charge in [0.1, 0.15) is 16.4 Å². The summed E-state index contributed by atoms with van der Waals surface area (Å²) in [5.41, 5.74) is -0.0295. The number of hydrogen-bond donors (Lipinski definition) is 1. The van der Waals surface area contributed by atoms with Gasteiger partial charge >= 0.3 is 10.1 Å². The fourth-order valence-electron chi connectivity index (χ4n) is 3.82. The van der Waals surface area contributed by atoms with Crippen molar-refractivity contribution in [3.05, 3.63) is 88.4 Å². The van der Waals surface area contributed by atoms with E-state index in [0.29, 0.717) is 12.1 Å². The molecule has 1 fully saturated rings. The summed E-state index contributed by atoms with van der Waals surface area (Å²) < 4.78 is 35.6. The molecule has 2 aromatic carbocycles. The van der Waals surface area contributed by atoms with Crippen LogP contribution in [-0.4, -0.2) is 43.8 Å². The van der Waals surface area contributed by atoms with Crippen LogP contribution in [0.25, 0.3) is 0 Å². The molecule has 1 saturated heterocycles. The van der Waals surface area contributed by atoms with Crippen LogP contribution < -0.4 is 9.50 Å². The van der Waals surface area contributed by atoms with E-state index in [1.807, 2.05) is 12.1 Å². The Bertz CT molecular complexity index is 1250. The molecule has 1 aromatic heterocycles. The minimum Gasteiger partial charge on any atom is -0.468 e. The minimum absolute atomic E-state index is 0.0198. The third-order valence-electron chi connectivity index (χ3n) is 5.55. The zero-order chi connectivity index (χ0) is 24.1. The van der Waals surface area contributed by atoms with E-state index in [2.05, 4.69) is 10.2 Å². The van der Waals surface area contributed by atoms with Crippen LogP contribution in [0, 0.1) is 10.1 Å². The van der Waals surface area contributed by atoms with Crippen molar-refractivity contribution >= 4 is 21.7 Å². The molecule has 178 valence electrons. The quantitative estimate of drug-likeness (QED) is 0.277. The van der Waals surface area contributed by atoms with Gasteiger partial charge in [0.15, 0.2) is 0 Å². The molecule has 2 heterocycles. The van der Waals surface area contributed by atoms with Crippen LogP contribution in [0.4, 0.5) is 5.69 Å². The molecule has 0 saturated carbocycles. The smallest absolute Gasteiger partial charge is 0.339 e. The van der Waals surface area contributed by atoms with Crippen LogP contribution in [0.1, 0.15) is 35.0 Å². The summed E-state index contributed by atoms with van der Waals surface area (Å²) >= 11 is 0. The van der Waals surface area contributed by atoms with Crippen LogP contribution in [0.2, 0.25) is 0 Å². The predicted molar refractivity (Wildman–Crippen MR) is 122 cm³/mol. The Kier molecular flexibility index (Phi) is 6.94. The number of nitrogens with zero attached hydrogens (tertiary/aromatic N) is 2. The van der Waals surface area contributed by atoms with Gasteiger partial charge in [-0.05, 0) is 68.4 Å². The number of benzene rings is 2. The first-order valence-electron chi connectivity index (χ1n) is 10.7. The number of nitro benzene ring substituents is 1. The maximum Gasteiger partial charge on any atom is 0.339 e. The SMILES string of the molecule is O=C(NCC(c1ccco1)N1CCCC1)c1ccc(OS(=O)(=O)c2cccc([N+](=O)[O-])c2)cc1. The average Bonchev–Trinajstić information content (AvgIpc) is 3.55. The molecule has 0 aliphatic carbocycles. The van der Waals surface area contributed by atoms with Crippen molar-refractivity contribution in [3.63, 3.8) is 0 Å². The van der Waals surface area contributed by atoms with Gasteiger partial charge in [0, 0.05) is 24.2 Å². The standard InChI is InChI=1S/C23H23N3O7S/c27-23(24-16-21(22-7-4-14-32-22)25-12-1-2-13-25)17-8-10-19(11-9-17)33-34(30,31)20-6-3-5-18(15-20)26(28)29/h3-11,14-15,21H,1-2,12-13,16H2,(H,24,27). The van der Waals surface area contributed by atoms with Crippen molar-refractivity contribution in [3.8, 4) is 5.75 Å². The summed E-state index contributed by atoms with van der Waals surface area (Å²) in [7, 11) is -4.28. The van der Waals surface area contributed by atoms with Crippen molar-refractivity contribution in [1.29, 1.82) is 0 Å². The van der Waals surface area contributed by atoms with Crippen LogP contribution in [0.15, 0.2) is 76.2 Å². The Balaban J connectivity index is 1.40.